The molecule has 2 aromatic rings. The Kier molecular flexibility index (Phi) is 8.47. The molecule has 2 amide bonds. The molecular formula is C34H47N3O4. The van der Waals surface area contributed by atoms with Gasteiger partial charge in [0.25, 0.3) is 11.5 Å². The Balaban J connectivity index is 0.000000490. The molecule has 1 aromatic heterocycles. The zero-order valence-corrected chi connectivity index (χ0v) is 25.3. The molecule has 7 nitrogen and oxygen atoms in total. The highest BCUT2D eigenvalue weighted by Gasteiger charge is 2.49. The Morgan fingerprint density at radius 1 is 0.976 bits per heavy atom. The van der Waals surface area contributed by atoms with Crippen LogP contribution in [0.3, 0.4) is 0 Å². The van der Waals surface area contributed by atoms with Gasteiger partial charge in [-0.25, -0.2) is 0 Å². The van der Waals surface area contributed by atoms with E-state index in [9.17, 15) is 19.5 Å². The van der Waals surface area contributed by atoms with Crippen molar-refractivity contribution in [3.8, 4) is 11.1 Å². The summed E-state index contributed by atoms with van der Waals surface area (Å²) in [6.07, 6.45) is 10.2. The maximum absolute atomic E-state index is 13.5. The molecule has 3 heterocycles. The van der Waals surface area contributed by atoms with Crippen molar-refractivity contribution in [1.82, 2.24) is 14.4 Å². The molecule has 0 bridgehead atoms. The molecule has 4 aliphatic rings. The second kappa shape index (κ2) is 11.7. The predicted molar refractivity (Wildman–Crippen MR) is 161 cm³/mol. The van der Waals surface area contributed by atoms with Gasteiger partial charge in [-0.05, 0) is 43.1 Å². The maximum Gasteiger partial charge on any atom is 0.255 e. The average molecular weight is 562 g/mol. The van der Waals surface area contributed by atoms with Gasteiger partial charge in [0.1, 0.15) is 0 Å². The number of fused-ring (bicyclic) bond motifs is 1. The first-order valence-electron chi connectivity index (χ1n) is 15.6. The lowest BCUT2D eigenvalue weighted by molar-refractivity contribution is -0.156. The van der Waals surface area contributed by atoms with Crippen LogP contribution >= 0.6 is 0 Å². The fourth-order valence-corrected chi connectivity index (χ4v) is 6.96. The maximum atomic E-state index is 13.5. The van der Waals surface area contributed by atoms with Crippen LogP contribution in [0.2, 0.25) is 0 Å². The monoisotopic (exact) mass is 561 g/mol. The first-order chi connectivity index (χ1) is 19.5. The first-order valence-corrected chi connectivity index (χ1v) is 15.6. The van der Waals surface area contributed by atoms with Gasteiger partial charge in [0, 0.05) is 55.3 Å². The minimum atomic E-state index is -1.20. The molecule has 6 rings (SSSR count). The SMILES string of the molecule is C1CC2CC2C1.CC(C)C(=O)N1CCC(O)(Cn2cc(C(=O)N3CCCC3)c(-c3ccccc3)cc2=O)C(C)(C)C1. The molecule has 2 aliphatic carbocycles. The standard InChI is InChI=1S/C28H37N3O4.C6H10/c1-20(2)25(33)30-15-12-28(35,27(3,4)18-30)19-31-17-23(26(34)29-13-8-9-14-29)22(16-24(31)32)21-10-6-5-7-11-21;1-2-5-4-6(5)3-1/h5-7,10-11,16-17,20,35H,8-9,12-15,18-19H2,1-4H3;5-6H,1-4H2. The molecule has 3 atom stereocenters. The second-order valence-electron chi connectivity index (χ2n) is 13.7. The normalized spacial score (nSPS) is 26.4. The highest BCUT2D eigenvalue weighted by molar-refractivity contribution is 6.00. The minimum Gasteiger partial charge on any atom is -0.387 e. The van der Waals surface area contributed by atoms with E-state index in [1.807, 2.05) is 67.8 Å². The molecule has 222 valence electrons. The van der Waals surface area contributed by atoms with Gasteiger partial charge in [-0.2, -0.15) is 0 Å². The number of piperidine rings is 1. The fourth-order valence-electron chi connectivity index (χ4n) is 6.96. The summed E-state index contributed by atoms with van der Waals surface area (Å²) in [6, 6.07) is 11.0. The molecule has 2 saturated carbocycles. The average Bonchev–Trinajstić information content (AvgIpc) is 3.30. The van der Waals surface area contributed by atoms with Crippen LogP contribution in [0.15, 0.2) is 47.4 Å². The van der Waals surface area contributed by atoms with Crippen molar-refractivity contribution in [2.45, 2.75) is 84.8 Å². The van der Waals surface area contributed by atoms with Crippen LogP contribution in [0.4, 0.5) is 0 Å². The number of aromatic nitrogens is 1. The molecule has 2 saturated heterocycles. The number of carbonyl (C=O) groups excluding carboxylic acids is 2. The third-order valence-corrected chi connectivity index (χ3v) is 9.93. The molecule has 0 radical (unpaired) electrons. The smallest absolute Gasteiger partial charge is 0.255 e. The first kappa shape index (κ1) is 29.6. The fraction of sp³-hybridized carbons (Fsp3) is 0.618. The van der Waals surface area contributed by atoms with Crippen LogP contribution in [0.1, 0.15) is 83.0 Å². The van der Waals surface area contributed by atoms with Gasteiger partial charge >= 0.3 is 0 Å². The molecule has 3 unspecified atom stereocenters. The number of amides is 2. The van der Waals surface area contributed by atoms with Crippen molar-refractivity contribution in [3.05, 3.63) is 58.5 Å². The molecule has 2 aliphatic heterocycles. The Bertz CT molecular complexity index is 1300. The third kappa shape index (κ3) is 6.30. The quantitative estimate of drug-likeness (QED) is 0.544. The van der Waals surface area contributed by atoms with Gasteiger partial charge in [-0.1, -0.05) is 77.3 Å². The number of benzene rings is 1. The zero-order valence-electron chi connectivity index (χ0n) is 25.3. The second-order valence-corrected chi connectivity index (χ2v) is 13.7. The summed E-state index contributed by atoms with van der Waals surface area (Å²) in [7, 11) is 0. The van der Waals surface area contributed by atoms with E-state index in [1.54, 1.807) is 25.5 Å². The van der Waals surface area contributed by atoms with Crippen LogP contribution < -0.4 is 5.56 Å². The van der Waals surface area contributed by atoms with E-state index >= 15 is 0 Å². The van der Waals surface area contributed by atoms with Crippen molar-refractivity contribution >= 4 is 11.8 Å². The summed E-state index contributed by atoms with van der Waals surface area (Å²) in [4.78, 5) is 43.0. The van der Waals surface area contributed by atoms with Crippen molar-refractivity contribution < 1.29 is 14.7 Å². The summed E-state index contributed by atoms with van der Waals surface area (Å²) >= 11 is 0. The van der Waals surface area contributed by atoms with Gasteiger partial charge in [-0.3, -0.25) is 14.4 Å². The van der Waals surface area contributed by atoms with E-state index in [-0.39, 0.29) is 29.8 Å². The Labute approximate surface area is 244 Å². The van der Waals surface area contributed by atoms with Gasteiger partial charge in [0.15, 0.2) is 0 Å². The lowest BCUT2D eigenvalue weighted by atomic mass is 9.69. The highest BCUT2D eigenvalue weighted by Crippen LogP contribution is 2.51. The highest BCUT2D eigenvalue weighted by atomic mass is 16.3. The summed E-state index contributed by atoms with van der Waals surface area (Å²) in [5, 5.41) is 11.7. The van der Waals surface area contributed by atoms with Crippen molar-refractivity contribution in [3.63, 3.8) is 0 Å². The topological polar surface area (TPSA) is 82.8 Å². The number of hydrogen-bond donors (Lipinski definition) is 1. The van der Waals surface area contributed by atoms with Crippen molar-refractivity contribution in [1.29, 1.82) is 0 Å². The molecule has 4 fully saturated rings. The largest absolute Gasteiger partial charge is 0.387 e. The van der Waals surface area contributed by atoms with E-state index in [1.165, 1.54) is 28.9 Å². The number of likely N-dealkylation sites (tertiary alicyclic amines) is 2. The van der Waals surface area contributed by atoms with Crippen LogP contribution in [0.5, 0.6) is 0 Å². The van der Waals surface area contributed by atoms with E-state index < -0.39 is 11.0 Å². The van der Waals surface area contributed by atoms with Gasteiger partial charge in [0.2, 0.25) is 5.91 Å². The number of rotatable bonds is 5. The molecule has 41 heavy (non-hydrogen) atoms. The summed E-state index contributed by atoms with van der Waals surface area (Å²) < 4.78 is 1.48. The van der Waals surface area contributed by atoms with Crippen LogP contribution in [-0.2, 0) is 11.3 Å². The molecule has 0 spiro atoms. The lowest BCUT2D eigenvalue weighted by Gasteiger charge is -2.50. The molecule has 1 N–H and O–H groups in total. The van der Waals surface area contributed by atoms with Gasteiger partial charge < -0.3 is 19.5 Å². The number of nitrogens with zero attached hydrogens (tertiary/aromatic N) is 3. The predicted octanol–water partition coefficient (Wildman–Crippen LogP) is 5.20. The molecule has 7 heteroatoms. The molecule has 1 aromatic carbocycles. The number of aliphatic hydroxyl groups is 1. The lowest BCUT2D eigenvalue weighted by Crippen LogP contribution is -2.61. The van der Waals surface area contributed by atoms with Crippen molar-refractivity contribution in [2.75, 3.05) is 26.2 Å². The van der Waals surface area contributed by atoms with Crippen LogP contribution in [0, 0.1) is 23.2 Å². The van der Waals surface area contributed by atoms with E-state index in [4.69, 9.17) is 0 Å². The minimum absolute atomic E-state index is 0.0674. The van der Waals surface area contributed by atoms with Crippen LogP contribution in [-0.4, -0.2) is 63.1 Å². The number of hydrogen-bond acceptors (Lipinski definition) is 4. The summed E-state index contributed by atoms with van der Waals surface area (Å²) in [5.74, 6) is 2.31. The van der Waals surface area contributed by atoms with E-state index in [0.717, 1.165) is 18.4 Å². The van der Waals surface area contributed by atoms with Crippen LogP contribution in [0.25, 0.3) is 11.1 Å². The Morgan fingerprint density at radius 2 is 1.63 bits per heavy atom. The Morgan fingerprint density at radius 3 is 2.17 bits per heavy atom. The van der Waals surface area contributed by atoms with Gasteiger partial charge in [0.05, 0.1) is 17.7 Å². The van der Waals surface area contributed by atoms with Crippen molar-refractivity contribution in [2.24, 2.45) is 23.2 Å². The number of pyridine rings is 1. The summed E-state index contributed by atoms with van der Waals surface area (Å²) in [5.41, 5.74) is -0.177. The van der Waals surface area contributed by atoms with E-state index in [2.05, 4.69) is 0 Å². The zero-order chi connectivity index (χ0) is 29.4. The van der Waals surface area contributed by atoms with E-state index in [0.29, 0.717) is 43.7 Å². The number of carbonyl (C=O) groups is 2. The molecular weight excluding hydrogens is 514 g/mol. The summed E-state index contributed by atoms with van der Waals surface area (Å²) in [6.45, 7) is 9.97. The Hall–Kier alpha value is -2.93. The third-order valence-electron chi connectivity index (χ3n) is 9.93. The van der Waals surface area contributed by atoms with Gasteiger partial charge in [-0.15, -0.1) is 0 Å².